The van der Waals surface area contributed by atoms with E-state index in [9.17, 15) is 9.59 Å². The van der Waals surface area contributed by atoms with Crippen molar-refractivity contribution in [2.24, 2.45) is 0 Å². The summed E-state index contributed by atoms with van der Waals surface area (Å²) in [5, 5.41) is 0.0155. The van der Waals surface area contributed by atoms with Crippen molar-refractivity contribution in [2.75, 3.05) is 37.5 Å². The van der Waals surface area contributed by atoms with Crippen LogP contribution in [0.15, 0.2) is 24.3 Å². The van der Waals surface area contributed by atoms with E-state index in [0.717, 1.165) is 17.1 Å². The number of ether oxygens (including phenoxy) is 1. The van der Waals surface area contributed by atoms with Crippen LogP contribution in [0.25, 0.3) is 0 Å². The van der Waals surface area contributed by atoms with Crippen molar-refractivity contribution in [1.29, 1.82) is 0 Å². The van der Waals surface area contributed by atoms with Crippen molar-refractivity contribution in [3.8, 4) is 0 Å². The molecule has 1 aliphatic heterocycles. The van der Waals surface area contributed by atoms with Crippen LogP contribution in [-0.2, 0) is 4.74 Å². The molecule has 2 rings (SSSR count). The standard InChI is InChI=1S/C20H31NO3S/c1-6-24-20(23)21-11-13-25(5,14-12-21)16(4)19(22)18-9-7-17(8-10-18)15(2)3/h7-10,15-16H,6,11-14H2,1-5H3. The molecule has 0 aliphatic carbocycles. The second kappa shape index (κ2) is 8.26. The number of nitrogens with zero attached hydrogens (tertiary/aromatic N) is 1. The maximum absolute atomic E-state index is 13.0. The summed E-state index contributed by atoms with van der Waals surface area (Å²) >= 11 is 0. The van der Waals surface area contributed by atoms with E-state index in [1.54, 1.807) is 4.90 Å². The lowest BCUT2D eigenvalue weighted by Crippen LogP contribution is -2.45. The maximum atomic E-state index is 13.0. The first-order valence-electron chi connectivity index (χ1n) is 9.07. The van der Waals surface area contributed by atoms with E-state index in [1.165, 1.54) is 5.56 Å². The fraction of sp³-hybridized carbons (Fsp3) is 0.600. The number of hydrogen-bond donors (Lipinski definition) is 0. The Balaban J connectivity index is 2.03. The van der Waals surface area contributed by atoms with E-state index in [-0.39, 0.29) is 17.1 Å². The largest absolute Gasteiger partial charge is 0.450 e. The highest BCUT2D eigenvalue weighted by Crippen LogP contribution is 2.51. The van der Waals surface area contributed by atoms with Crippen molar-refractivity contribution in [2.45, 2.75) is 38.9 Å². The van der Waals surface area contributed by atoms with E-state index in [0.29, 0.717) is 25.6 Å². The van der Waals surface area contributed by atoms with E-state index in [4.69, 9.17) is 4.74 Å². The van der Waals surface area contributed by atoms with Gasteiger partial charge in [-0.3, -0.25) is 4.79 Å². The Morgan fingerprint density at radius 1 is 1.12 bits per heavy atom. The number of benzene rings is 1. The zero-order valence-electron chi connectivity index (χ0n) is 16.1. The van der Waals surface area contributed by atoms with Gasteiger partial charge in [-0.05, 0) is 43.1 Å². The number of carbonyl (C=O) groups is 2. The van der Waals surface area contributed by atoms with Gasteiger partial charge in [0.25, 0.3) is 0 Å². The summed E-state index contributed by atoms with van der Waals surface area (Å²) in [6.45, 7) is 9.98. The first kappa shape index (κ1) is 19.8. The minimum absolute atomic E-state index is 0.0155. The number of amides is 1. The molecule has 4 nitrogen and oxygen atoms in total. The smallest absolute Gasteiger partial charge is 0.409 e. The summed E-state index contributed by atoms with van der Waals surface area (Å²) in [5.41, 5.74) is 2.06. The first-order chi connectivity index (χ1) is 11.8. The zero-order chi connectivity index (χ0) is 18.6. The van der Waals surface area contributed by atoms with Crippen molar-refractivity contribution >= 4 is 21.9 Å². The van der Waals surface area contributed by atoms with Crippen LogP contribution in [0.2, 0.25) is 0 Å². The molecule has 0 spiro atoms. The molecule has 25 heavy (non-hydrogen) atoms. The van der Waals surface area contributed by atoms with Gasteiger partial charge in [0.05, 0.1) is 6.61 Å². The van der Waals surface area contributed by atoms with Crippen LogP contribution in [0.1, 0.15) is 49.5 Å². The van der Waals surface area contributed by atoms with Gasteiger partial charge in [0, 0.05) is 23.9 Å². The van der Waals surface area contributed by atoms with Gasteiger partial charge in [-0.25, -0.2) is 14.8 Å². The van der Waals surface area contributed by atoms with Crippen LogP contribution in [0, 0.1) is 0 Å². The lowest BCUT2D eigenvalue weighted by Gasteiger charge is -2.46. The highest BCUT2D eigenvalue weighted by atomic mass is 32.3. The molecular weight excluding hydrogens is 334 g/mol. The lowest BCUT2D eigenvalue weighted by atomic mass is 10.00. The molecule has 0 bridgehead atoms. The Morgan fingerprint density at radius 2 is 1.68 bits per heavy atom. The summed E-state index contributed by atoms with van der Waals surface area (Å²) in [5.74, 6) is 2.51. The molecule has 0 aromatic heterocycles. The van der Waals surface area contributed by atoms with Gasteiger partial charge in [-0.2, -0.15) is 0 Å². The topological polar surface area (TPSA) is 46.6 Å². The van der Waals surface area contributed by atoms with Gasteiger partial charge in [0.15, 0.2) is 5.78 Å². The van der Waals surface area contributed by atoms with Crippen molar-refractivity contribution < 1.29 is 14.3 Å². The average molecular weight is 366 g/mol. The van der Waals surface area contributed by atoms with Crippen molar-refractivity contribution in [3.63, 3.8) is 0 Å². The SMILES string of the molecule is CCOC(=O)N1CCS(C)(C(C)C(=O)c2ccc(C(C)C)cc2)CC1. The Hall–Kier alpha value is -1.49. The Labute approximate surface area is 153 Å². The lowest BCUT2D eigenvalue weighted by molar-refractivity contribution is 0.0992. The van der Waals surface area contributed by atoms with Crippen LogP contribution in [0.3, 0.4) is 0 Å². The van der Waals surface area contributed by atoms with Gasteiger partial charge in [-0.1, -0.05) is 38.1 Å². The molecule has 0 radical (unpaired) electrons. The molecule has 1 aliphatic rings. The minimum Gasteiger partial charge on any atom is -0.450 e. The predicted octanol–water partition coefficient (Wildman–Crippen LogP) is 4.29. The summed E-state index contributed by atoms with van der Waals surface area (Å²) in [6, 6.07) is 8.05. The van der Waals surface area contributed by atoms with E-state index in [1.807, 2.05) is 19.1 Å². The van der Waals surface area contributed by atoms with E-state index in [2.05, 4.69) is 39.2 Å². The second-order valence-electron chi connectivity index (χ2n) is 7.23. The average Bonchev–Trinajstić information content (AvgIpc) is 2.61. The molecule has 0 saturated carbocycles. The summed E-state index contributed by atoms with van der Waals surface area (Å²) in [7, 11) is -1.07. The third-order valence-corrected chi connectivity index (χ3v) is 9.42. The normalized spacial score (nSPS) is 19.4. The van der Waals surface area contributed by atoms with Crippen molar-refractivity contribution in [3.05, 3.63) is 35.4 Å². The van der Waals surface area contributed by atoms with E-state index < -0.39 is 10.0 Å². The molecule has 1 saturated heterocycles. The zero-order valence-corrected chi connectivity index (χ0v) is 16.9. The fourth-order valence-corrected chi connectivity index (χ4v) is 5.97. The number of rotatable bonds is 5. The molecular formula is C20H31NO3S. The summed E-state index contributed by atoms with van der Waals surface area (Å²) in [4.78, 5) is 26.6. The monoisotopic (exact) mass is 365 g/mol. The van der Waals surface area contributed by atoms with Crippen LogP contribution in [0.5, 0.6) is 0 Å². The third kappa shape index (κ3) is 4.57. The molecule has 1 aromatic rings. The molecule has 5 heteroatoms. The third-order valence-electron chi connectivity index (χ3n) is 5.27. The summed E-state index contributed by atoms with van der Waals surface area (Å²) in [6.07, 6.45) is 2.02. The minimum atomic E-state index is -1.07. The van der Waals surface area contributed by atoms with Gasteiger partial charge < -0.3 is 9.64 Å². The van der Waals surface area contributed by atoms with Crippen LogP contribution in [-0.4, -0.2) is 59.5 Å². The molecule has 1 amide bonds. The van der Waals surface area contributed by atoms with Crippen LogP contribution in [0.4, 0.5) is 4.79 Å². The maximum Gasteiger partial charge on any atom is 0.409 e. The quantitative estimate of drug-likeness (QED) is 0.731. The Morgan fingerprint density at radius 3 is 2.16 bits per heavy atom. The Kier molecular flexibility index (Phi) is 6.55. The molecule has 1 unspecified atom stereocenters. The fourth-order valence-electron chi connectivity index (χ4n) is 3.13. The highest BCUT2D eigenvalue weighted by Gasteiger charge is 2.36. The van der Waals surface area contributed by atoms with Crippen molar-refractivity contribution in [1.82, 2.24) is 4.90 Å². The molecule has 1 fully saturated rings. The number of Topliss-reactive ketones (excluding diaryl/α,β-unsaturated/α-hetero) is 1. The number of hydrogen-bond acceptors (Lipinski definition) is 3. The molecule has 1 atom stereocenters. The van der Waals surface area contributed by atoms with Gasteiger partial charge in [0.1, 0.15) is 0 Å². The van der Waals surface area contributed by atoms with Crippen LogP contribution >= 0.6 is 10.0 Å². The van der Waals surface area contributed by atoms with Gasteiger partial charge in [0.2, 0.25) is 0 Å². The number of ketones is 1. The molecule has 1 aromatic carbocycles. The van der Waals surface area contributed by atoms with Crippen LogP contribution < -0.4 is 0 Å². The van der Waals surface area contributed by atoms with E-state index >= 15 is 0 Å². The molecule has 0 N–H and O–H groups in total. The highest BCUT2D eigenvalue weighted by molar-refractivity contribution is 8.34. The molecule has 1 heterocycles. The predicted molar refractivity (Wildman–Crippen MR) is 106 cm³/mol. The number of carbonyl (C=O) groups excluding carboxylic acids is 2. The summed E-state index contributed by atoms with van der Waals surface area (Å²) < 4.78 is 5.09. The van der Waals surface area contributed by atoms with Gasteiger partial charge >= 0.3 is 6.09 Å². The second-order valence-corrected chi connectivity index (χ2v) is 11.5. The van der Waals surface area contributed by atoms with Gasteiger partial charge in [-0.15, -0.1) is 0 Å². The molecule has 140 valence electrons. The first-order valence-corrected chi connectivity index (χ1v) is 11.5. The Bertz CT molecular complexity index is 604.